The van der Waals surface area contributed by atoms with E-state index in [0.717, 1.165) is 0 Å². The third kappa shape index (κ3) is 3.11. The normalized spacial score (nSPS) is 9.73. The van der Waals surface area contributed by atoms with Gasteiger partial charge in [0.1, 0.15) is 5.88 Å². The van der Waals surface area contributed by atoms with Gasteiger partial charge in [-0.3, -0.25) is 9.59 Å². The average molecular weight is 247 g/mol. The van der Waals surface area contributed by atoms with Gasteiger partial charge >= 0.3 is 0 Å². The van der Waals surface area contributed by atoms with E-state index >= 15 is 0 Å². The number of rotatable bonds is 3. The Labute approximate surface area is 96.3 Å². The molecule has 0 atom stereocenters. The molecule has 0 aliphatic heterocycles. The number of nitrogens with one attached hydrogen (secondary N) is 1. The maximum atomic E-state index is 10.9. The highest BCUT2D eigenvalue weighted by molar-refractivity contribution is 6.34. The van der Waals surface area contributed by atoms with Gasteiger partial charge < -0.3 is 11.1 Å². The summed E-state index contributed by atoms with van der Waals surface area (Å²) in [4.78, 5) is 21.8. The lowest BCUT2D eigenvalue weighted by Crippen LogP contribution is -2.14. The summed E-state index contributed by atoms with van der Waals surface area (Å²) in [6, 6.07) is 4.40. The molecule has 1 aromatic rings. The fourth-order valence-electron chi connectivity index (χ4n) is 0.987. The van der Waals surface area contributed by atoms with E-state index in [1.54, 1.807) is 0 Å². The van der Waals surface area contributed by atoms with E-state index in [4.69, 9.17) is 28.9 Å². The first-order valence-corrected chi connectivity index (χ1v) is 4.91. The molecule has 0 spiro atoms. The number of carbonyl (C=O) groups is 2. The molecule has 6 heteroatoms. The Bertz CT molecular complexity index is 407. The van der Waals surface area contributed by atoms with Crippen LogP contribution in [0.3, 0.4) is 0 Å². The first-order chi connectivity index (χ1) is 7.04. The summed E-state index contributed by atoms with van der Waals surface area (Å²) >= 11 is 11.1. The summed E-state index contributed by atoms with van der Waals surface area (Å²) < 4.78 is 0. The van der Waals surface area contributed by atoms with Gasteiger partial charge in [-0.2, -0.15) is 0 Å². The van der Waals surface area contributed by atoms with E-state index in [-0.39, 0.29) is 22.4 Å². The SMILES string of the molecule is NC(=O)c1ccc(NC(=O)CCl)cc1Cl. The monoisotopic (exact) mass is 246 g/mol. The van der Waals surface area contributed by atoms with Crippen molar-refractivity contribution in [3.63, 3.8) is 0 Å². The first kappa shape index (κ1) is 11.8. The minimum absolute atomic E-state index is 0.144. The van der Waals surface area contributed by atoms with E-state index in [0.29, 0.717) is 5.69 Å². The number of benzene rings is 1. The molecule has 4 nitrogen and oxygen atoms in total. The summed E-state index contributed by atoms with van der Waals surface area (Å²) in [6.45, 7) is 0. The molecule has 0 aromatic heterocycles. The number of halogens is 2. The lowest BCUT2D eigenvalue weighted by atomic mass is 10.2. The third-order valence-electron chi connectivity index (χ3n) is 1.64. The van der Waals surface area contributed by atoms with Crippen molar-refractivity contribution < 1.29 is 9.59 Å². The van der Waals surface area contributed by atoms with Crippen LogP contribution in [0.4, 0.5) is 5.69 Å². The standard InChI is InChI=1S/C9H8Cl2N2O2/c10-4-8(14)13-5-1-2-6(9(12)15)7(11)3-5/h1-3H,4H2,(H2,12,15)(H,13,14). The molecule has 0 heterocycles. The van der Waals surface area contributed by atoms with Gasteiger partial charge in [0.2, 0.25) is 11.8 Å². The molecular formula is C9H8Cl2N2O2. The Morgan fingerprint density at radius 3 is 2.53 bits per heavy atom. The van der Waals surface area contributed by atoms with Crippen molar-refractivity contribution in [1.82, 2.24) is 0 Å². The minimum Gasteiger partial charge on any atom is -0.366 e. The van der Waals surface area contributed by atoms with Crippen molar-refractivity contribution in [2.45, 2.75) is 0 Å². The maximum Gasteiger partial charge on any atom is 0.250 e. The molecule has 15 heavy (non-hydrogen) atoms. The highest BCUT2D eigenvalue weighted by atomic mass is 35.5. The number of primary amides is 1. The number of hydrogen-bond donors (Lipinski definition) is 2. The van der Waals surface area contributed by atoms with Crippen LogP contribution in [-0.2, 0) is 4.79 Å². The molecule has 0 aliphatic rings. The van der Waals surface area contributed by atoms with Crippen LogP contribution in [0.15, 0.2) is 18.2 Å². The van der Waals surface area contributed by atoms with E-state index in [2.05, 4.69) is 5.32 Å². The molecule has 0 unspecified atom stereocenters. The molecule has 0 bridgehead atoms. The van der Waals surface area contributed by atoms with Crippen LogP contribution in [0.1, 0.15) is 10.4 Å². The second-order valence-electron chi connectivity index (χ2n) is 2.74. The van der Waals surface area contributed by atoms with Crippen LogP contribution in [-0.4, -0.2) is 17.7 Å². The zero-order valence-electron chi connectivity index (χ0n) is 7.59. The van der Waals surface area contributed by atoms with Crippen LogP contribution in [0.25, 0.3) is 0 Å². The van der Waals surface area contributed by atoms with Crippen molar-refractivity contribution in [2.24, 2.45) is 5.73 Å². The number of amides is 2. The van der Waals surface area contributed by atoms with Gasteiger partial charge in [-0.05, 0) is 18.2 Å². The zero-order chi connectivity index (χ0) is 11.4. The maximum absolute atomic E-state index is 10.9. The van der Waals surface area contributed by atoms with Crippen LogP contribution in [0, 0.1) is 0 Å². The van der Waals surface area contributed by atoms with Crippen LogP contribution in [0.2, 0.25) is 5.02 Å². The number of hydrogen-bond acceptors (Lipinski definition) is 2. The molecule has 0 saturated heterocycles. The largest absolute Gasteiger partial charge is 0.366 e. The molecule has 2 amide bonds. The Morgan fingerprint density at radius 2 is 2.07 bits per heavy atom. The van der Waals surface area contributed by atoms with E-state index in [1.165, 1.54) is 18.2 Å². The third-order valence-corrected chi connectivity index (χ3v) is 2.20. The molecule has 0 fully saturated rings. The highest BCUT2D eigenvalue weighted by Gasteiger charge is 2.08. The van der Waals surface area contributed by atoms with Crippen molar-refractivity contribution in [3.8, 4) is 0 Å². The highest BCUT2D eigenvalue weighted by Crippen LogP contribution is 2.20. The molecule has 0 aliphatic carbocycles. The van der Waals surface area contributed by atoms with E-state index < -0.39 is 5.91 Å². The number of anilines is 1. The molecule has 0 radical (unpaired) electrons. The fraction of sp³-hybridized carbons (Fsp3) is 0.111. The van der Waals surface area contributed by atoms with Crippen LogP contribution >= 0.6 is 23.2 Å². The van der Waals surface area contributed by atoms with Crippen LogP contribution in [0.5, 0.6) is 0 Å². The molecule has 0 saturated carbocycles. The Morgan fingerprint density at radius 1 is 1.40 bits per heavy atom. The van der Waals surface area contributed by atoms with E-state index in [9.17, 15) is 9.59 Å². The van der Waals surface area contributed by atoms with Gasteiger partial charge in [0.15, 0.2) is 0 Å². The fourth-order valence-corrected chi connectivity index (χ4v) is 1.33. The van der Waals surface area contributed by atoms with Crippen molar-refractivity contribution in [1.29, 1.82) is 0 Å². The topological polar surface area (TPSA) is 72.2 Å². The predicted octanol–water partition coefficient (Wildman–Crippen LogP) is 1.62. The summed E-state index contributed by atoms with van der Waals surface area (Å²) in [7, 11) is 0. The van der Waals surface area contributed by atoms with Gasteiger partial charge in [-0.15, -0.1) is 11.6 Å². The summed E-state index contributed by atoms with van der Waals surface area (Å²) in [5, 5.41) is 2.68. The lowest BCUT2D eigenvalue weighted by molar-refractivity contribution is -0.113. The molecular weight excluding hydrogens is 239 g/mol. The Hall–Kier alpha value is -1.26. The quantitative estimate of drug-likeness (QED) is 0.796. The lowest BCUT2D eigenvalue weighted by Gasteiger charge is -2.05. The number of alkyl halides is 1. The molecule has 1 rings (SSSR count). The van der Waals surface area contributed by atoms with Gasteiger partial charge in [-0.25, -0.2) is 0 Å². The summed E-state index contributed by atoms with van der Waals surface area (Å²) in [5.74, 6) is -1.11. The van der Waals surface area contributed by atoms with Crippen LogP contribution < -0.4 is 11.1 Å². The van der Waals surface area contributed by atoms with Gasteiger partial charge in [-0.1, -0.05) is 11.6 Å². The number of nitrogens with two attached hydrogens (primary N) is 1. The summed E-state index contributed by atoms with van der Waals surface area (Å²) in [5.41, 5.74) is 5.74. The second-order valence-corrected chi connectivity index (χ2v) is 3.42. The van der Waals surface area contributed by atoms with Gasteiger partial charge in [0, 0.05) is 5.69 Å². The number of carbonyl (C=O) groups excluding carboxylic acids is 2. The minimum atomic E-state index is -0.616. The molecule has 80 valence electrons. The smallest absolute Gasteiger partial charge is 0.250 e. The van der Waals surface area contributed by atoms with Gasteiger partial charge in [0.05, 0.1) is 10.6 Å². The van der Waals surface area contributed by atoms with Gasteiger partial charge in [0.25, 0.3) is 0 Å². The summed E-state index contributed by atoms with van der Waals surface area (Å²) in [6.07, 6.45) is 0. The Kier molecular flexibility index (Phi) is 3.94. The molecule has 3 N–H and O–H groups in total. The average Bonchev–Trinajstić information content (AvgIpc) is 2.17. The second kappa shape index (κ2) is 5.00. The van der Waals surface area contributed by atoms with Crippen molar-refractivity contribution >= 4 is 40.7 Å². The Balaban J connectivity index is 2.91. The zero-order valence-corrected chi connectivity index (χ0v) is 9.10. The first-order valence-electron chi connectivity index (χ1n) is 3.99. The van der Waals surface area contributed by atoms with Crippen molar-refractivity contribution in [2.75, 3.05) is 11.2 Å². The van der Waals surface area contributed by atoms with Crippen molar-refractivity contribution in [3.05, 3.63) is 28.8 Å². The predicted molar refractivity (Wildman–Crippen MR) is 59.3 cm³/mol. The molecule has 1 aromatic carbocycles. The van der Waals surface area contributed by atoms with E-state index in [1.807, 2.05) is 0 Å².